The highest BCUT2D eigenvalue weighted by molar-refractivity contribution is 5.86. The zero-order valence-electron chi connectivity index (χ0n) is 11.1. The number of carbonyl (C=O) groups excluding carboxylic acids is 1. The fourth-order valence-corrected chi connectivity index (χ4v) is 2.57. The molecule has 1 saturated carbocycles. The number of hydrogen-bond donors (Lipinski definition) is 1. The van der Waals surface area contributed by atoms with Crippen molar-refractivity contribution in [1.82, 2.24) is 0 Å². The monoisotopic (exact) mass is 226 g/mol. The van der Waals surface area contributed by atoms with Gasteiger partial charge in [-0.3, -0.25) is 4.79 Å². The van der Waals surface area contributed by atoms with Crippen molar-refractivity contribution in [2.45, 2.75) is 65.4 Å². The average molecular weight is 226 g/mol. The van der Waals surface area contributed by atoms with Gasteiger partial charge < -0.3 is 5.11 Å². The number of aliphatic hydroxyl groups is 1. The molecule has 1 aliphatic carbocycles. The first-order chi connectivity index (χ1) is 7.30. The van der Waals surface area contributed by atoms with Crippen LogP contribution >= 0.6 is 0 Å². The van der Waals surface area contributed by atoms with Crippen LogP contribution in [0.4, 0.5) is 0 Å². The van der Waals surface area contributed by atoms with Gasteiger partial charge in [0.1, 0.15) is 5.60 Å². The minimum Gasteiger partial charge on any atom is -0.383 e. The van der Waals surface area contributed by atoms with Crippen molar-refractivity contribution in [1.29, 1.82) is 0 Å². The number of rotatable bonds is 4. The summed E-state index contributed by atoms with van der Waals surface area (Å²) in [6.07, 6.45) is 5.38. The smallest absolute Gasteiger partial charge is 0.164 e. The van der Waals surface area contributed by atoms with Crippen LogP contribution in [0.1, 0.15) is 59.8 Å². The van der Waals surface area contributed by atoms with Crippen LogP contribution in [-0.4, -0.2) is 16.5 Å². The molecular weight excluding hydrogens is 200 g/mol. The number of carbonyl (C=O) groups is 1. The molecule has 0 saturated heterocycles. The second kappa shape index (κ2) is 5.31. The molecule has 1 fully saturated rings. The Morgan fingerprint density at radius 3 is 2.12 bits per heavy atom. The normalized spacial score (nSPS) is 27.1. The Morgan fingerprint density at radius 2 is 1.75 bits per heavy atom. The van der Waals surface area contributed by atoms with Crippen molar-refractivity contribution in [2.24, 2.45) is 17.8 Å². The minimum atomic E-state index is -1.14. The molecule has 1 N–H and O–H groups in total. The molecule has 0 bridgehead atoms. The molecule has 0 spiro atoms. The lowest BCUT2D eigenvalue weighted by Gasteiger charge is -2.31. The number of ketones is 1. The van der Waals surface area contributed by atoms with E-state index in [4.69, 9.17) is 0 Å². The predicted molar refractivity (Wildman–Crippen MR) is 66.2 cm³/mol. The van der Waals surface area contributed by atoms with Crippen LogP contribution in [0.3, 0.4) is 0 Å². The molecule has 0 heterocycles. The van der Waals surface area contributed by atoms with Gasteiger partial charge in [-0.2, -0.15) is 0 Å². The van der Waals surface area contributed by atoms with Gasteiger partial charge in [0.2, 0.25) is 0 Å². The van der Waals surface area contributed by atoms with Crippen LogP contribution < -0.4 is 0 Å². The Morgan fingerprint density at radius 1 is 1.25 bits per heavy atom. The molecule has 2 nitrogen and oxygen atoms in total. The van der Waals surface area contributed by atoms with Gasteiger partial charge in [0.15, 0.2) is 5.78 Å². The Bertz CT molecular complexity index is 230. The fraction of sp³-hybridized carbons (Fsp3) is 0.929. The molecule has 0 amide bonds. The molecular formula is C14H26O2. The fourth-order valence-electron chi connectivity index (χ4n) is 2.57. The first-order valence-electron chi connectivity index (χ1n) is 6.56. The molecule has 0 unspecified atom stereocenters. The summed E-state index contributed by atoms with van der Waals surface area (Å²) in [4.78, 5) is 11.7. The molecule has 94 valence electrons. The third kappa shape index (κ3) is 3.89. The van der Waals surface area contributed by atoms with E-state index in [-0.39, 0.29) is 5.78 Å². The first-order valence-corrected chi connectivity index (χ1v) is 6.56. The van der Waals surface area contributed by atoms with Crippen LogP contribution in [0, 0.1) is 17.8 Å². The molecule has 2 heteroatoms. The van der Waals surface area contributed by atoms with Gasteiger partial charge in [-0.1, -0.05) is 13.8 Å². The Kier molecular flexibility index (Phi) is 4.54. The highest BCUT2D eigenvalue weighted by atomic mass is 16.3. The molecule has 1 aliphatic rings. The lowest BCUT2D eigenvalue weighted by atomic mass is 9.75. The molecule has 0 radical (unpaired) electrons. The second-order valence-electron chi connectivity index (χ2n) is 6.21. The van der Waals surface area contributed by atoms with E-state index in [1.54, 1.807) is 13.8 Å². The van der Waals surface area contributed by atoms with Crippen LogP contribution in [0.25, 0.3) is 0 Å². The molecule has 0 aliphatic heterocycles. The van der Waals surface area contributed by atoms with E-state index in [1.807, 2.05) is 0 Å². The van der Waals surface area contributed by atoms with E-state index in [2.05, 4.69) is 13.8 Å². The van der Waals surface area contributed by atoms with Crippen molar-refractivity contribution in [3.63, 3.8) is 0 Å². The third-order valence-corrected chi connectivity index (χ3v) is 3.99. The molecule has 1 rings (SSSR count). The zero-order valence-corrected chi connectivity index (χ0v) is 11.1. The van der Waals surface area contributed by atoms with Gasteiger partial charge >= 0.3 is 0 Å². The average Bonchev–Trinajstić information content (AvgIpc) is 2.17. The summed E-state index contributed by atoms with van der Waals surface area (Å²) in [5.41, 5.74) is -1.14. The SMILES string of the molecule is CC(C)C1CCC(CC(=O)C(C)(C)O)CC1. The Labute approximate surface area is 99.4 Å². The van der Waals surface area contributed by atoms with Gasteiger partial charge in [-0.05, 0) is 57.3 Å². The lowest BCUT2D eigenvalue weighted by molar-refractivity contribution is -0.135. The standard InChI is InChI=1S/C14H26O2/c1-10(2)12-7-5-11(6-8-12)9-13(15)14(3,4)16/h10-12,16H,5-9H2,1-4H3. The topological polar surface area (TPSA) is 37.3 Å². The van der Waals surface area contributed by atoms with Crippen molar-refractivity contribution in [3.8, 4) is 0 Å². The summed E-state index contributed by atoms with van der Waals surface area (Å²) in [6, 6.07) is 0. The minimum absolute atomic E-state index is 0.000460. The number of Topliss-reactive ketones (excluding diaryl/α,β-unsaturated/α-hetero) is 1. The lowest BCUT2D eigenvalue weighted by Crippen LogP contribution is -2.33. The van der Waals surface area contributed by atoms with Crippen LogP contribution in [-0.2, 0) is 4.79 Å². The summed E-state index contributed by atoms with van der Waals surface area (Å²) in [5.74, 6) is 2.12. The van der Waals surface area contributed by atoms with Gasteiger partial charge in [0, 0.05) is 6.42 Å². The van der Waals surface area contributed by atoms with Crippen LogP contribution in [0.2, 0.25) is 0 Å². The van der Waals surface area contributed by atoms with E-state index in [0.717, 1.165) is 24.7 Å². The van der Waals surface area contributed by atoms with Gasteiger partial charge in [0.25, 0.3) is 0 Å². The quantitative estimate of drug-likeness (QED) is 0.799. The summed E-state index contributed by atoms with van der Waals surface area (Å²) < 4.78 is 0. The molecule has 0 aromatic heterocycles. The summed E-state index contributed by atoms with van der Waals surface area (Å²) in [5, 5.41) is 9.61. The summed E-state index contributed by atoms with van der Waals surface area (Å²) >= 11 is 0. The van der Waals surface area contributed by atoms with Gasteiger partial charge in [0.05, 0.1) is 0 Å². The van der Waals surface area contributed by atoms with Gasteiger partial charge in [-0.25, -0.2) is 0 Å². The predicted octanol–water partition coefficient (Wildman–Crippen LogP) is 3.18. The summed E-state index contributed by atoms with van der Waals surface area (Å²) in [6.45, 7) is 7.75. The van der Waals surface area contributed by atoms with E-state index in [9.17, 15) is 9.90 Å². The molecule has 16 heavy (non-hydrogen) atoms. The zero-order chi connectivity index (χ0) is 12.3. The molecule has 0 aromatic rings. The van der Waals surface area contributed by atoms with E-state index < -0.39 is 5.60 Å². The highest BCUT2D eigenvalue weighted by Crippen LogP contribution is 2.35. The molecule has 0 atom stereocenters. The van der Waals surface area contributed by atoms with Crippen LogP contribution in [0.5, 0.6) is 0 Å². The maximum absolute atomic E-state index is 11.7. The maximum atomic E-state index is 11.7. The van der Waals surface area contributed by atoms with Crippen molar-refractivity contribution in [2.75, 3.05) is 0 Å². The maximum Gasteiger partial charge on any atom is 0.164 e. The van der Waals surface area contributed by atoms with Gasteiger partial charge in [-0.15, -0.1) is 0 Å². The largest absolute Gasteiger partial charge is 0.383 e. The first kappa shape index (κ1) is 13.7. The van der Waals surface area contributed by atoms with E-state index in [1.165, 1.54) is 12.8 Å². The van der Waals surface area contributed by atoms with Crippen LogP contribution in [0.15, 0.2) is 0 Å². The van der Waals surface area contributed by atoms with E-state index in [0.29, 0.717) is 12.3 Å². The van der Waals surface area contributed by atoms with Crippen molar-refractivity contribution >= 4 is 5.78 Å². The second-order valence-corrected chi connectivity index (χ2v) is 6.21. The Balaban J connectivity index is 2.35. The number of hydrogen-bond acceptors (Lipinski definition) is 2. The highest BCUT2D eigenvalue weighted by Gasteiger charge is 2.29. The summed E-state index contributed by atoms with van der Waals surface area (Å²) in [7, 11) is 0. The third-order valence-electron chi connectivity index (χ3n) is 3.99. The van der Waals surface area contributed by atoms with Crippen molar-refractivity contribution in [3.05, 3.63) is 0 Å². The Hall–Kier alpha value is -0.370. The van der Waals surface area contributed by atoms with Crippen molar-refractivity contribution < 1.29 is 9.90 Å². The van der Waals surface area contributed by atoms with E-state index >= 15 is 0 Å². The molecule has 0 aromatic carbocycles.